The maximum Gasteiger partial charge on any atom is 0.509 e. The van der Waals surface area contributed by atoms with Crippen LogP contribution in [0.5, 0.6) is 0 Å². The Kier molecular flexibility index (Phi) is 2.21. The highest BCUT2D eigenvalue weighted by Crippen LogP contribution is 2.18. The molecule has 0 atom stereocenters. The number of esters is 1. The van der Waals surface area contributed by atoms with Crippen LogP contribution in [-0.4, -0.2) is 19.6 Å². The summed E-state index contributed by atoms with van der Waals surface area (Å²) >= 11 is 0. The molecule has 1 aliphatic rings. The molecule has 0 N–H and O–H groups in total. The molecule has 0 saturated carbocycles. The van der Waals surface area contributed by atoms with Crippen LogP contribution in [0.15, 0.2) is 18.2 Å². The van der Waals surface area contributed by atoms with Crippen LogP contribution in [0.2, 0.25) is 0 Å². The van der Waals surface area contributed by atoms with E-state index in [0.717, 1.165) is 12.1 Å². The highest BCUT2D eigenvalue weighted by molar-refractivity contribution is 6.73. The van der Waals surface area contributed by atoms with Crippen LogP contribution in [0.4, 0.5) is 12.9 Å². The van der Waals surface area contributed by atoms with Gasteiger partial charge in [0, 0.05) is 6.42 Å². The standard InChI is InChI=1S/C9H7BF3O2/c11-10(12,13)7-2-1-6-3-4-15-9(14)8(6)5-7/h1-2,5H,3-4H2/q-1. The van der Waals surface area contributed by atoms with Crippen LogP contribution in [0.3, 0.4) is 0 Å². The summed E-state index contributed by atoms with van der Waals surface area (Å²) < 4.78 is 41.9. The second-order valence-electron chi connectivity index (χ2n) is 3.38. The molecular weight excluding hydrogens is 208 g/mol. The van der Waals surface area contributed by atoms with Gasteiger partial charge in [-0.15, -0.1) is 5.46 Å². The lowest BCUT2D eigenvalue weighted by Gasteiger charge is -2.20. The summed E-state index contributed by atoms with van der Waals surface area (Å²) in [5.74, 6) is -0.668. The van der Waals surface area contributed by atoms with E-state index in [1.54, 1.807) is 0 Å². The van der Waals surface area contributed by atoms with Crippen molar-refractivity contribution in [2.45, 2.75) is 6.42 Å². The van der Waals surface area contributed by atoms with Crippen molar-refractivity contribution in [3.05, 3.63) is 29.3 Å². The highest BCUT2D eigenvalue weighted by Gasteiger charge is 2.28. The Morgan fingerprint density at radius 1 is 1.27 bits per heavy atom. The number of rotatable bonds is 1. The van der Waals surface area contributed by atoms with Crippen molar-refractivity contribution in [1.82, 2.24) is 0 Å². The van der Waals surface area contributed by atoms with Crippen molar-refractivity contribution >= 4 is 18.4 Å². The van der Waals surface area contributed by atoms with Crippen molar-refractivity contribution in [2.75, 3.05) is 6.61 Å². The molecule has 1 aromatic carbocycles. The third-order valence-electron chi connectivity index (χ3n) is 2.34. The zero-order chi connectivity index (χ0) is 11.1. The minimum absolute atomic E-state index is 0.0398. The average molecular weight is 215 g/mol. The van der Waals surface area contributed by atoms with Crippen molar-refractivity contribution in [3.63, 3.8) is 0 Å². The zero-order valence-corrected chi connectivity index (χ0v) is 7.67. The van der Waals surface area contributed by atoms with E-state index in [4.69, 9.17) is 0 Å². The number of carbonyl (C=O) groups is 1. The molecule has 0 fully saturated rings. The first kappa shape index (κ1) is 10.1. The molecule has 0 radical (unpaired) electrons. The Morgan fingerprint density at radius 3 is 2.67 bits per heavy atom. The van der Waals surface area contributed by atoms with E-state index in [1.165, 1.54) is 6.07 Å². The predicted octanol–water partition coefficient (Wildman–Crippen LogP) is 1.45. The van der Waals surface area contributed by atoms with E-state index >= 15 is 0 Å². The fraction of sp³-hybridized carbons (Fsp3) is 0.222. The van der Waals surface area contributed by atoms with Crippen molar-refractivity contribution in [3.8, 4) is 0 Å². The van der Waals surface area contributed by atoms with Gasteiger partial charge < -0.3 is 17.7 Å². The van der Waals surface area contributed by atoms with Crippen molar-refractivity contribution < 1.29 is 22.5 Å². The monoisotopic (exact) mass is 215 g/mol. The highest BCUT2D eigenvalue weighted by atomic mass is 19.4. The number of fused-ring (bicyclic) bond motifs is 1. The molecule has 2 nitrogen and oxygen atoms in total. The first-order valence-corrected chi connectivity index (χ1v) is 4.48. The lowest BCUT2D eigenvalue weighted by Crippen LogP contribution is -2.35. The molecule has 1 aliphatic heterocycles. The molecule has 80 valence electrons. The van der Waals surface area contributed by atoms with Crippen molar-refractivity contribution in [1.29, 1.82) is 0 Å². The summed E-state index contributed by atoms with van der Waals surface area (Å²) in [6.07, 6.45) is 0.478. The first-order valence-electron chi connectivity index (χ1n) is 4.48. The van der Waals surface area contributed by atoms with Gasteiger partial charge in [-0.3, -0.25) is 0 Å². The Morgan fingerprint density at radius 2 is 2.00 bits per heavy atom. The number of carbonyl (C=O) groups excluding carboxylic acids is 1. The molecule has 0 spiro atoms. The Hall–Kier alpha value is -1.46. The predicted molar refractivity (Wildman–Crippen MR) is 49.1 cm³/mol. The topological polar surface area (TPSA) is 26.3 Å². The summed E-state index contributed by atoms with van der Waals surface area (Å²) in [4.78, 5) is 11.2. The molecule has 1 aromatic rings. The molecule has 15 heavy (non-hydrogen) atoms. The van der Waals surface area contributed by atoms with Crippen LogP contribution in [-0.2, 0) is 11.2 Å². The Bertz CT molecular complexity index is 414. The molecular formula is C9H7BF3O2-. The van der Waals surface area contributed by atoms with Crippen LogP contribution in [0, 0.1) is 0 Å². The van der Waals surface area contributed by atoms with Gasteiger partial charge in [-0.25, -0.2) is 4.79 Å². The molecule has 0 unspecified atom stereocenters. The number of hydrogen-bond acceptors (Lipinski definition) is 2. The van der Waals surface area contributed by atoms with E-state index in [0.29, 0.717) is 12.0 Å². The summed E-state index contributed by atoms with van der Waals surface area (Å²) in [6.45, 7) is -4.82. The van der Waals surface area contributed by atoms with Gasteiger partial charge >= 0.3 is 12.9 Å². The number of hydrogen-bond donors (Lipinski definition) is 0. The lowest BCUT2D eigenvalue weighted by molar-refractivity contribution is 0.0480. The van der Waals surface area contributed by atoms with Gasteiger partial charge in [-0.2, -0.15) is 0 Å². The summed E-state index contributed by atoms with van der Waals surface area (Å²) in [7, 11) is 0. The van der Waals surface area contributed by atoms with E-state index in [-0.39, 0.29) is 12.2 Å². The minimum Gasteiger partial charge on any atom is -0.462 e. The number of benzene rings is 1. The average Bonchev–Trinajstić information content (AvgIpc) is 2.16. The van der Waals surface area contributed by atoms with Gasteiger partial charge in [0.05, 0.1) is 12.2 Å². The van der Waals surface area contributed by atoms with E-state index in [9.17, 15) is 17.7 Å². The quantitative estimate of drug-likeness (QED) is 0.523. The summed E-state index contributed by atoms with van der Waals surface area (Å²) in [5, 5.41) is 0. The lowest BCUT2D eigenvalue weighted by atomic mass is 9.78. The first-order chi connectivity index (χ1) is 6.98. The Balaban J connectivity index is 2.49. The van der Waals surface area contributed by atoms with Crippen LogP contribution in [0.1, 0.15) is 15.9 Å². The molecule has 2 rings (SSSR count). The van der Waals surface area contributed by atoms with Crippen LogP contribution < -0.4 is 5.46 Å². The largest absolute Gasteiger partial charge is 0.509 e. The number of ether oxygens (including phenoxy) is 1. The van der Waals surface area contributed by atoms with E-state index < -0.39 is 18.4 Å². The molecule has 6 heteroatoms. The third-order valence-corrected chi connectivity index (χ3v) is 2.34. The van der Waals surface area contributed by atoms with Gasteiger partial charge in [0.25, 0.3) is 0 Å². The van der Waals surface area contributed by atoms with Gasteiger partial charge in [0.15, 0.2) is 0 Å². The van der Waals surface area contributed by atoms with Crippen LogP contribution >= 0.6 is 0 Å². The van der Waals surface area contributed by atoms with Crippen LogP contribution in [0.25, 0.3) is 0 Å². The molecule has 0 saturated heterocycles. The zero-order valence-electron chi connectivity index (χ0n) is 7.67. The van der Waals surface area contributed by atoms with E-state index in [2.05, 4.69) is 4.74 Å². The van der Waals surface area contributed by atoms with E-state index in [1.807, 2.05) is 0 Å². The molecule has 0 aliphatic carbocycles. The maximum atomic E-state index is 12.4. The molecule has 0 bridgehead atoms. The summed E-state index contributed by atoms with van der Waals surface area (Å²) in [6, 6.07) is 3.23. The fourth-order valence-electron chi connectivity index (χ4n) is 1.54. The molecule has 0 aromatic heterocycles. The smallest absolute Gasteiger partial charge is 0.462 e. The summed E-state index contributed by atoms with van der Waals surface area (Å²) in [5.41, 5.74) is -0.0967. The normalized spacial score (nSPS) is 15.8. The maximum absolute atomic E-state index is 12.4. The SMILES string of the molecule is O=C1OCCc2ccc([B-](F)(F)F)cc21. The van der Waals surface area contributed by atoms with Gasteiger partial charge in [-0.1, -0.05) is 18.2 Å². The molecule has 0 amide bonds. The van der Waals surface area contributed by atoms with Crippen molar-refractivity contribution in [2.24, 2.45) is 0 Å². The molecule has 1 heterocycles. The van der Waals surface area contributed by atoms with Gasteiger partial charge in [-0.05, 0) is 5.56 Å². The fourth-order valence-corrected chi connectivity index (χ4v) is 1.54. The minimum atomic E-state index is -5.06. The number of halogens is 3. The number of cyclic esters (lactones) is 1. The van der Waals surface area contributed by atoms with Gasteiger partial charge in [0.2, 0.25) is 0 Å². The Labute approximate surface area is 84.1 Å². The second kappa shape index (κ2) is 3.29. The second-order valence-corrected chi connectivity index (χ2v) is 3.38. The van der Waals surface area contributed by atoms with Gasteiger partial charge in [0.1, 0.15) is 0 Å². The third kappa shape index (κ3) is 1.84.